The molecule has 2 aliphatic rings. The van der Waals surface area contributed by atoms with E-state index in [0.717, 1.165) is 31.9 Å². The van der Waals surface area contributed by atoms with E-state index in [2.05, 4.69) is 56.4 Å². The number of anilines is 2. The standard InChI is InChI=1S/C26H36N4O/c1-28(20-23-9-3-4-10-25(23)30-17-5-2-6-18-30)21-26(31)27-24-13-11-22(12-14-24)19-29-15-7-8-16-29/h3-4,9-14H,2,5-8,15-21H2,1H3,(H,27,31). The Balaban J connectivity index is 1.28. The van der Waals surface area contributed by atoms with E-state index in [0.29, 0.717) is 6.54 Å². The lowest BCUT2D eigenvalue weighted by molar-refractivity contribution is -0.117. The molecule has 4 rings (SSSR count). The van der Waals surface area contributed by atoms with Gasteiger partial charge in [0.25, 0.3) is 0 Å². The van der Waals surface area contributed by atoms with E-state index in [4.69, 9.17) is 0 Å². The van der Waals surface area contributed by atoms with Gasteiger partial charge in [-0.2, -0.15) is 0 Å². The van der Waals surface area contributed by atoms with E-state index in [9.17, 15) is 4.79 Å². The number of hydrogen-bond donors (Lipinski definition) is 1. The molecule has 0 aromatic heterocycles. The Labute approximate surface area is 187 Å². The van der Waals surface area contributed by atoms with Crippen LogP contribution in [0, 0.1) is 0 Å². The molecule has 2 aromatic rings. The number of carbonyl (C=O) groups excluding carboxylic acids is 1. The largest absolute Gasteiger partial charge is 0.371 e. The van der Waals surface area contributed by atoms with E-state index < -0.39 is 0 Å². The number of amides is 1. The summed E-state index contributed by atoms with van der Waals surface area (Å²) in [6.07, 6.45) is 6.49. The fourth-order valence-corrected chi connectivity index (χ4v) is 4.77. The van der Waals surface area contributed by atoms with Crippen molar-refractivity contribution in [2.24, 2.45) is 0 Å². The molecule has 5 heteroatoms. The first-order valence-corrected chi connectivity index (χ1v) is 11.8. The number of likely N-dealkylation sites (N-methyl/N-ethyl adjacent to an activating group) is 1. The number of hydrogen-bond acceptors (Lipinski definition) is 4. The molecule has 1 amide bonds. The lowest BCUT2D eigenvalue weighted by Gasteiger charge is -2.31. The molecule has 2 saturated heterocycles. The summed E-state index contributed by atoms with van der Waals surface area (Å²) in [4.78, 5) is 19.7. The van der Waals surface area contributed by atoms with Crippen molar-refractivity contribution in [3.8, 4) is 0 Å². The Morgan fingerprint density at radius 1 is 0.903 bits per heavy atom. The average molecular weight is 421 g/mol. The minimum atomic E-state index is 0.0326. The van der Waals surface area contributed by atoms with Crippen molar-refractivity contribution in [2.75, 3.05) is 50.0 Å². The first-order valence-electron chi connectivity index (χ1n) is 11.8. The molecule has 5 nitrogen and oxygen atoms in total. The summed E-state index contributed by atoms with van der Waals surface area (Å²) in [5, 5.41) is 3.05. The third-order valence-electron chi connectivity index (χ3n) is 6.38. The molecule has 0 bridgehead atoms. The van der Waals surface area contributed by atoms with Gasteiger partial charge in [-0.3, -0.25) is 14.6 Å². The Kier molecular flexibility index (Phi) is 7.60. The number of nitrogens with zero attached hydrogens (tertiary/aromatic N) is 3. The highest BCUT2D eigenvalue weighted by Crippen LogP contribution is 2.25. The van der Waals surface area contributed by atoms with Crippen LogP contribution in [0.3, 0.4) is 0 Å². The van der Waals surface area contributed by atoms with E-state index in [1.165, 1.54) is 62.0 Å². The van der Waals surface area contributed by atoms with Gasteiger partial charge in [-0.1, -0.05) is 30.3 Å². The molecule has 0 unspecified atom stereocenters. The molecule has 2 heterocycles. The zero-order valence-electron chi connectivity index (χ0n) is 18.9. The topological polar surface area (TPSA) is 38.8 Å². The van der Waals surface area contributed by atoms with Crippen LogP contribution in [0.5, 0.6) is 0 Å². The first-order chi connectivity index (χ1) is 15.2. The van der Waals surface area contributed by atoms with Crippen molar-refractivity contribution < 1.29 is 4.79 Å². The normalized spacial score (nSPS) is 17.3. The smallest absolute Gasteiger partial charge is 0.238 e. The second-order valence-electron chi connectivity index (χ2n) is 9.08. The molecule has 0 aliphatic carbocycles. The van der Waals surface area contributed by atoms with Crippen molar-refractivity contribution >= 4 is 17.3 Å². The van der Waals surface area contributed by atoms with Crippen LogP contribution < -0.4 is 10.2 Å². The van der Waals surface area contributed by atoms with Gasteiger partial charge >= 0.3 is 0 Å². The number of benzene rings is 2. The summed E-state index contributed by atoms with van der Waals surface area (Å²) in [5.41, 5.74) is 4.80. The fourth-order valence-electron chi connectivity index (χ4n) is 4.77. The zero-order valence-corrected chi connectivity index (χ0v) is 18.9. The predicted molar refractivity (Wildman–Crippen MR) is 128 cm³/mol. The molecule has 2 aliphatic heterocycles. The summed E-state index contributed by atoms with van der Waals surface area (Å²) in [6, 6.07) is 16.9. The lowest BCUT2D eigenvalue weighted by atomic mass is 10.1. The van der Waals surface area contributed by atoms with Crippen molar-refractivity contribution in [1.29, 1.82) is 0 Å². The van der Waals surface area contributed by atoms with Crippen LogP contribution in [0.2, 0.25) is 0 Å². The molecule has 0 spiro atoms. The first kappa shape index (κ1) is 21.8. The summed E-state index contributed by atoms with van der Waals surface area (Å²) in [6.45, 7) is 6.83. The van der Waals surface area contributed by atoms with Crippen LogP contribution in [0.15, 0.2) is 48.5 Å². The maximum absolute atomic E-state index is 12.6. The third-order valence-corrected chi connectivity index (χ3v) is 6.38. The highest BCUT2D eigenvalue weighted by molar-refractivity contribution is 5.92. The molecule has 2 fully saturated rings. The fraction of sp³-hybridized carbons (Fsp3) is 0.500. The SMILES string of the molecule is CN(CC(=O)Nc1ccc(CN2CCCC2)cc1)Cc1ccccc1N1CCCCC1. The second-order valence-corrected chi connectivity index (χ2v) is 9.08. The third kappa shape index (κ3) is 6.31. The average Bonchev–Trinajstić information content (AvgIpc) is 3.29. The molecular formula is C26H36N4O. The second kappa shape index (κ2) is 10.8. The van der Waals surface area contributed by atoms with Crippen LogP contribution in [-0.2, 0) is 17.9 Å². The number of nitrogens with one attached hydrogen (secondary N) is 1. The maximum atomic E-state index is 12.6. The van der Waals surface area contributed by atoms with Crippen molar-refractivity contribution in [1.82, 2.24) is 9.80 Å². The zero-order chi connectivity index (χ0) is 21.5. The molecule has 2 aromatic carbocycles. The lowest BCUT2D eigenvalue weighted by Crippen LogP contribution is -2.33. The Hall–Kier alpha value is -2.37. The molecule has 0 radical (unpaired) electrons. The van der Waals surface area contributed by atoms with E-state index in [-0.39, 0.29) is 5.91 Å². The predicted octanol–water partition coefficient (Wildman–Crippen LogP) is 4.34. The molecule has 0 saturated carbocycles. The van der Waals surface area contributed by atoms with Gasteiger partial charge in [0, 0.05) is 37.6 Å². The van der Waals surface area contributed by atoms with Crippen LogP contribution in [-0.4, -0.2) is 55.5 Å². The van der Waals surface area contributed by atoms with Gasteiger partial charge in [-0.05, 0) is 81.6 Å². The Morgan fingerprint density at radius 3 is 2.32 bits per heavy atom. The molecule has 31 heavy (non-hydrogen) atoms. The van der Waals surface area contributed by atoms with E-state index >= 15 is 0 Å². The highest BCUT2D eigenvalue weighted by atomic mass is 16.2. The molecule has 166 valence electrons. The highest BCUT2D eigenvalue weighted by Gasteiger charge is 2.16. The number of piperidine rings is 1. The summed E-state index contributed by atoms with van der Waals surface area (Å²) in [7, 11) is 2.02. The molecule has 0 atom stereocenters. The van der Waals surface area contributed by atoms with Gasteiger partial charge in [0.05, 0.1) is 6.54 Å². The van der Waals surface area contributed by atoms with Crippen molar-refractivity contribution in [2.45, 2.75) is 45.2 Å². The van der Waals surface area contributed by atoms with Crippen LogP contribution >= 0.6 is 0 Å². The Bertz CT molecular complexity index is 839. The quantitative estimate of drug-likeness (QED) is 0.689. The summed E-state index contributed by atoms with van der Waals surface area (Å²) < 4.78 is 0. The van der Waals surface area contributed by atoms with Gasteiger partial charge < -0.3 is 10.2 Å². The molecular weight excluding hydrogens is 384 g/mol. The van der Waals surface area contributed by atoms with Crippen LogP contribution in [0.4, 0.5) is 11.4 Å². The van der Waals surface area contributed by atoms with E-state index in [1.54, 1.807) is 0 Å². The number of para-hydroxylation sites is 1. The Morgan fingerprint density at radius 2 is 1.58 bits per heavy atom. The van der Waals surface area contributed by atoms with Gasteiger partial charge in [0.2, 0.25) is 5.91 Å². The monoisotopic (exact) mass is 420 g/mol. The van der Waals surface area contributed by atoms with Crippen molar-refractivity contribution in [3.05, 3.63) is 59.7 Å². The molecule has 1 N–H and O–H groups in total. The van der Waals surface area contributed by atoms with Gasteiger partial charge in [0.15, 0.2) is 0 Å². The van der Waals surface area contributed by atoms with Gasteiger partial charge in [-0.25, -0.2) is 0 Å². The van der Waals surface area contributed by atoms with Gasteiger partial charge in [-0.15, -0.1) is 0 Å². The minimum absolute atomic E-state index is 0.0326. The minimum Gasteiger partial charge on any atom is -0.371 e. The summed E-state index contributed by atoms with van der Waals surface area (Å²) in [5.74, 6) is 0.0326. The maximum Gasteiger partial charge on any atom is 0.238 e. The number of carbonyl (C=O) groups is 1. The number of rotatable bonds is 8. The van der Waals surface area contributed by atoms with Crippen LogP contribution in [0.1, 0.15) is 43.2 Å². The van der Waals surface area contributed by atoms with Crippen molar-refractivity contribution in [3.63, 3.8) is 0 Å². The summed E-state index contributed by atoms with van der Waals surface area (Å²) >= 11 is 0. The van der Waals surface area contributed by atoms with Crippen LogP contribution in [0.25, 0.3) is 0 Å². The number of likely N-dealkylation sites (tertiary alicyclic amines) is 1. The van der Waals surface area contributed by atoms with Gasteiger partial charge in [0.1, 0.15) is 0 Å². The van der Waals surface area contributed by atoms with E-state index in [1.807, 2.05) is 19.2 Å².